The molecular weight excluding hydrogens is 392 g/mol. The van der Waals surface area contributed by atoms with Crippen LogP contribution in [-0.2, 0) is 24.2 Å². The van der Waals surface area contributed by atoms with Gasteiger partial charge in [0.25, 0.3) is 5.56 Å². The maximum atomic E-state index is 13.1. The van der Waals surface area contributed by atoms with E-state index in [4.69, 9.17) is 4.98 Å². The molecule has 1 amide bonds. The van der Waals surface area contributed by atoms with Crippen LogP contribution in [-0.4, -0.2) is 26.8 Å². The molecule has 6 nitrogen and oxygen atoms in total. The fourth-order valence-corrected chi connectivity index (χ4v) is 6.11. The van der Waals surface area contributed by atoms with Gasteiger partial charge in [-0.1, -0.05) is 11.8 Å². The molecule has 0 bridgehead atoms. The van der Waals surface area contributed by atoms with Crippen LogP contribution in [0.5, 0.6) is 0 Å². The third-order valence-corrected chi connectivity index (χ3v) is 7.88. The van der Waals surface area contributed by atoms with Crippen molar-refractivity contribution in [3.63, 3.8) is 0 Å². The quantitative estimate of drug-likeness (QED) is 0.577. The van der Waals surface area contributed by atoms with Crippen molar-refractivity contribution in [2.24, 2.45) is 5.92 Å². The summed E-state index contributed by atoms with van der Waals surface area (Å²) in [5.74, 6) is 0.197. The molecule has 1 fully saturated rings. The van der Waals surface area contributed by atoms with Gasteiger partial charge in [-0.2, -0.15) is 5.26 Å². The Labute approximate surface area is 172 Å². The third-order valence-electron chi connectivity index (χ3n) is 5.71. The van der Waals surface area contributed by atoms with E-state index in [9.17, 15) is 14.9 Å². The highest BCUT2D eigenvalue weighted by atomic mass is 32.2. The first kappa shape index (κ1) is 19.5. The van der Waals surface area contributed by atoms with Crippen molar-refractivity contribution in [2.45, 2.75) is 69.6 Å². The van der Waals surface area contributed by atoms with Gasteiger partial charge in [0.1, 0.15) is 10.4 Å². The molecule has 4 rings (SSSR count). The van der Waals surface area contributed by atoms with E-state index in [2.05, 4.69) is 11.4 Å². The number of nitrogens with one attached hydrogen (secondary N) is 1. The number of nitrogens with zero attached hydrogens (tertiary/aromatic N) is 3. The molecule has 0 spiro atoms. The Balaban J connectivity index is 1.57. The van der Waals surface area contributed by atoms with Gasteiger partial charge in [0.15, 0.2) is 5.16 Å². The van der Waals surface area contributed by atoms with Crippen molar-refractivity contribution in [3.8, 4) is 6.07 Å². The van der Waals surface area contributed by atoms with E-state index in [1.165, 1.54) is 28.6 Å². The third kappa shape index (κ3) is 3.46. The second-order valence-electron chi connectivity index (χ2n) is 7.76. The second kappa shape index (κ2) is 7.53. The van der Waals surface area contributed by atoms with Crippen molar-refractivity contribution in [3.05, 3.63) is 20.8 Å². The van der Waals surface area contributed by atoms with Gasteiger partial charge in [0.2, 0.25) is 5.91 Å². The number of hydrogen-bond acceptors (Lipinski definition) is 6. The summed E-state index contributed by atoms with van der Waals surface area (Å²) >= 11 is 2.90. The molecule has 0 unspecified atom stereocenters. The van der Waals surface area contributed by atoms with Crippen LogP contribution in [0, 0.1) is 17.2 Å². The molecule has 2 aliphatic carbocycles. The fraction of sp³-hybridized carbons (Fsp3) is 0.600. The number of hydrogen-bond donors (Lipinski definition) is 1. The summed E-state index contributed by atoms with van der Waals surface area (Å²) in [7, 11) is 0. The van der Waals surface area contributed by atoms with Gasteiger partial charge in [-0.25, -0.2) is 4.98 Å². The van der Waals surface area contributed by atoms with Crippen LogP contribution in [0.15, 0.2) is 9.95 Å². The van der Waals surface area contributed by atoms with Crippen LogP contribution in [0.3, 0.4) is 0 Å². The molecule has 8 heteroatoms. The number of aromatic nitrogens is 2. The van der Waals surface area contributed by atoms with Gasteiger partial charge in [0, 0.05) is 11.4 Å². The van der Waals surface area contributed by atoms with E-state index >= 15 is 0 Å². The highest BCUT2D eigenvalue weighted by Gasteiger charge is 2.43. The molecule has 2 heterocycles. The monoisotopic (exact) mass is 416 g/mol. The molecule has 28 heavy (non-hydrogen) atoms. The minimum atomic E-state index is -0.799. The zero-order chi connectivity index (χ0) is 19.9. The van der Waals surface area contributed by atoms with E-state index in [1.807, 2.05) is 6.92 Å². The molecule has 2 aromatic rings. The molecule has 2 aromatic heterocycles. The van der Waals surface area contributed by atoms with Crippen LogP contribution in [0.4, 0.5) is 0 Å². The lowest BCUT2D eigenvalue weighted by molar-refractivity contribution is -0.119. The topological polar surface area (TPSA) is 87.8 Å². The zero-order valence-corrected chi connectivity index (χ0v) is 17.8. The Bertz CT molecular complexity index is 1030. The number of amides is 1. The maximum absolute atomic E-state index is 13.1. The number of fused-ring (bicyclic) bond motifs is 3. The number of carbonyl (C=O) groups excluding carboxylic acids is 1. The summed E-state index contributed by atoms with van der Waals surface area (Å²) in [5.41, 5.74) is 0.399. The largest absolute Gasteiger partial charge is 0.337 e. The molecule has 0 saturated heterocycles. The predicted octanol–water partition coefficient (Wildman–Crippen LogP) is 3.26. The summed E-state index contributed by atoms with van der Waals surface area (Å²) < 4.78 is 1.67. The standard InChI is InChI=1S/C20H24N4O2S2/c1-3-24-18(26)16-13-6-4-5-7-14(13)28-17(16)22-19(24)27-10-15(25)23-20(2,11-21)12-8-9-12/h12H,3-10H2,1-2H3,(H,23,25)/t20-/m0/s1. The average molecular weight is 417 g/mol. The van der Waals surface area contributed by atoms with E-state index < -0.39 is 5.54 Å². The minimum absolute atomic E-state index is 0.00894. The van der Waals surface area contributed by atoms with E-state index in [0.29, 0.717) is 11.7 Å². The molecular formula is C20H24N4O2S2. The molecule has 0 aromatic carbocycles. The minimum Gasteiger partial charge on any atom is -0.337 e. The second-order valence-corrected chi connectivity index (χ2v) is 9.79. The van der Waals surface area contributed by atoms with Crippen molar-refractivity contribution in [2.75, 3.05) is 5.75 Å². The highest BCUT2D eigenvalue weighted by molar-refractivity contribution is 7.99. The Morgan fingerprint density at radius 1 is 1.43 bits per heavy atom. The lowest BCUT2D eigenvalue weighted by atomic mass is 9.97. The van der Waals surface area contributed by atoms with Crippen LogP contribution in [0.2, 0.25) is 0 Å². The summed E-state index contributed by atoms with van der Waals surface area (Å²) in [5, 5.41) is 13.7. The molecule has 148 valence electrons. The van der Waals surface area contributed by atoms with E-state index in [-0.39, 0.29) is 23.1 Å². The van der Waals surface area contributed by atoms with Crippen LogP contribution in [0.25, 0.3) is 10.2 Å². The van der Waals surface area contributed by atoms with Crippen molar-refractivity contribution in [1.29, 1.82) is 5.26 Å². The first-order valence-electron chi connectivity index (χ1n) is 9.87. The average Bonchev–Trinajstić information content (AvgIpc) is 3.48. The molecule has 1 saturated carbocycles. The lowest BCUT2D eigenvalue weighted by Gasteiger charge is -2.22. The van der Waals surface area contributed by atoms with Gasteiger partial charge in [-0.3, -0.25) is 14.2 Å². The molecule has 0 aliphatic heterocycles. The summed E-state index contributed by atoms with van der Waals surface area (Å²) in [6.45, 7) is 4.24. The van der Waals surface area contributed by atoms with Crippen molar-refractivity contribution in [1.82, 2.24) is 14.9 Å². The smallest absolute Gasteiger partial charge is 0.263 e. The fourth-order valence-electron chi connectivity index (χ4n) is 3.95. The number of rotatable bonds is 6. The Kier molecular flexibility index (Phi) is 5.23. The van der Waals surface area contributed by atoms with Gasteiger partial charge in [-0.05, 0) is 63.9 Å². The van der Waals surface area contributed by atoms with Gasteiger partial charge >= 0.3 is 0 Å². The first-order chi connectivity index (χ1) is 13.5. The van der Waals surface area contributed by atoms with Crippen molar-refractivity contribution >= 4 is 39.2 Å². The predicted molar refractivity (Wildman–Crippen MR) is 112 cm³/mol. The SMILES string of the molecule is CCn1c(SCC(=O)N[C@@](C)(C#N)C2CC2)nc2sc3c(c2c1=O)CCCC3. The Morgan fingerprint density at radius 3 is 2.86 bits per heavy atom. The Morgan fingerprint density at radius 2 is 2.18 bits per heavy atom. The highest BCUT2D eigenvalue weighted by Crippen LogP contribution is 2.39. The van der Waals surface area contributed by atoms with Crippen molar-refractivity contribution < 1.29 is 4.79 Å². The summed E-state index contributed by atoms with van der Waals surface area (Å²) in [4.78, 5) is 32.4. The summed E-state index contributed by atoms with van der Waals surface area (Å²) in [6.07, 6.45) is 6.24. The molecule has 0 radical (unpaired) electrons. The number of thioether (sulfide) groups is 1. The normalized spacial score (nSPS) is 18.3. The van der Waals surface area contributed by atoms with Gasteiger partial charge < -0.3 is 5.32 Å². The number of carbonyl (C=O) groups is 1. The first-order valence-corrected chi connectivity index (χ1v) is 11.7. The lowest BCUT2D eigenvalue weighted by Crippen LogP contribution is -2.47. The Hall–Kier alpha value is -1.85. The van der Waals surface area contributed by atoms with Gasteiger partial charge in [0.05, 0.1) is 17.2 Å². The number of thiophene rings is 1. The summed E-state index contributed by atoms with van der Waals surface area (Å²) in [6, 6.07) is 2.24. The number of nitriles is 1. The maximum Gasteiger partial charge on any atom is 0.263 e. The van der Waals surface area contributed by atoms with Gasteiger partial charge in [-0.15, -0.1) is 11.3 Å². The van der Waals surface area contributed by atoms with Crippen LogP contribution >= 0.6 is 23.1 Å². The van der Waals surface area contributed by atoms with E-state index in [1.54, 1.807) is 22.8 Å². The zero-order valence-electron chi connectivity index (χ0n) is 16.2. The molecule has 1 atom stereocenters. The van der Waals surface area contributed by atoms with E-state index in [0.717, 1.165) is 42.3 Å². The van der Waals surface area contributed by atoms with Crippen LogP contribution in [0.1, 0.15) is 50.0 Å². The number of aryl methyl sites for hydroxylation is 2. The molecule has 2 aliphatic rings. The molecule has 1 N–H and O–H groups in total. The van der Waals surface area contributed by atoms with Crippen LogP contribution < -0.4 is 10.9 Å².